The van der Waals surface area contributed by atoms with Crippen molar-refractivity contribution in [1.82, 2.24) is 5.32 Å². The summed E-state index contributed by atoms with van der Waals surface area (Å²) in [5, 5.41) is 13.7. The summed E-state index contributed by atoms with van der Waals surface area (Å²) >= 11 is 0. The van der Waals surface area contributed by atoms with Gasteiger partial charge in [-0.25, -0.2) is 8.42 Å². The smallest absolute Gasteiger partial charge is 0.271 e. The molecule has 0 aromatic heterocycles. The third-order valence-electron chi connectivity index (χ3n) is 4.40. The van der Waals surface area contributed by atoms with Gasteiger partial charge in [-0.1, -0.05) is 31.2 Å². The number of nitro benzene ring substituents is 1. The fourth-order valence-electron chi connectivity index (χ4n) is 2.92. The van der Waals surface area contributed by atoms with Crippen LogP contribution in [0.3, 0.4) is 0 Å². The first-order valence-electron chi connectivity index (χ1n) is 9.92. The number of carbonyl (C=O) groups excluding carboxylic acids is 1. The van der Waals surface area contributed by atoms with Gasteiger partial charge < -0.3 is 10.1 Å². The van der Waals surface area contributed by atoms with Crippen molar-refractivity contribution in [1.29, 1.82) is 0 Å². The number of rotatable bonds is 12. The Morgan fingerprint density at radius 3 is 2.61 bits per heavy atom. The lowest BCUT2D eigenvalue weighted by atomic mass is 10.1. The highest BCUT2D eigenvalue weighted by Crippen LogP contribution is 2.23. The summed E-state index contributed by atoms with van der Waals surface area (Å²) in [5.74, 6) is 0.331. The van der Waals surface area contributed by atoms with Crippen molar-refractivity contribution >= 4 is 27.3 Å². The average Bonchev–Trinajstić information content (AvgIpc) is 2.73. The minimum Gasteiger partial charge on any atom is -0.493 e. The van der Waals surface area contributed by atoms with Gasteiger partial charge in [0, 0.05) is 18.7 Å². The SMILES string of the molecule is CCCOc1ccccc1CCCNC(=O)CN(c1cccc([N+](=O)[O-])c1)S(C)(=O)=O. The summed E-state index contributed by atoms with van der Waals surface area (Å²) in [6, 6.07) is 12.9. The van der Waals surface area contributed by atoms with Crippen LogP contribution in [0.4, 0.5) is 11.4 Å². The van der Waals surface area contributed by atoms with Crippen molar-refractivity contribution in [3.05, 3.63) is 64.2 Å². The first-order valence-corrected chi connectivity index (χ1v) is 11.8. The molecule has 0 atom stereocenters. The maximum atomic E-state index is 12.3. The van der Waals surface area contributed by atoms with Gasteiger partial charge in [0.25, 0.3) is 5.69 Å². The van der Waals surface area contributed by atoms with E-state index < -0.39 is 27.4 Å². The molecule has 9 nitrogen and oxygen atoms in total. The predicted octanol–water partition coefficient (Wildman–Crippen LogP) is 2.90. The molecule has 0 spiro atoms. The zero-order valence-corrected chi connectivity index (χ0v) is 18.4. The summed E-state index contributed by atoms with van der Waals surface area (Å²) in [6.07, 6.45) is 3.20. The number of hydrogen-bond acceptors (Lipinski definition) is 6. The standard InChI is InChI=1S/C21H27N3O6S/c1-3-14-30-20-12-5-4-8-17(20)9-7-13-22-21(25)16-23(31(2,28)29)18-10-6-11-19(15-18)24(26)27/h4-6,8,10-12,15H,3,7,9,13-14,16H2,1-2H3,(H,22,25). The Morgan fingerprint density at radius 1 is 1.19 bits per heavy atom. The molecule has 2 rings (SSSR count). The lowest BCUT2D eigenvalue weighted by Gasteiger charge is -2.21. The van der Waals surface area contributed by atoms with E-state index in [-0.39, 0.29) is 11.4 Å². The Kier molecular flexibility index (Phi) is 8.80. The number of nitrogens with one attached hydrogen (secondary N) is 1. The van der Waals surface area contributed by atoms with Crippen LogP contribution in [0.1, 0.15) is 25.3 Å². The van der Waals surface area contributed by atoms with E-state index in [9.17, 15) is 23.3 Å². The van der Waals surface area contributed by atoms with E-state index in [2.05, 4.69) is 5.32 Å². The Bertz CT molecular complexity index is 1010. The van der Waals surface area contributed by atoms with Gasteiger partial charge in [0.2, 0.25) is 15.9 Å². The number of nitrogens with zero attached hydrogens (tertiary/aromatic N) is 2. The lowest BCUT2D eigenvalue weighted by molar-refractivity contribution is -0.384. The highest BCUT2D eigenvalue weighted by atomic mass is 32.2. The number of sulfonamides is 1. The van der Waals surface area contributed by atoms with E-state index in [4.69, 9.17) is 4.74 Å². The van der Waals surface area contributed by atoms with Gasteiger partial charge in [-0.15, -0.1) is 0 Å². The van der Waals surface area contributed by atoms with Gasteiger partial charge >= 0.3 is 0 Å². The van der Waals surface area contributed by atoms with Gasteiger partial charge in [-0.3, -0.25) is 19.2 Å². The Hall–Kier alpha value is -3.14. The number of anilines is 1. The second-order valence-corrected chi connectivity index (χ2v) is 8.86. The van der Waals surface area contributed by atoms with Gasteiger partial charge in [0.05, 0.1) is 23.5 Å². The Balaban J connectivity index is 1.94. The summed E-state index contributed by atoms with van der Waals surface area (Å²) in [7, 11) is -3.81. The first kappa shape index (κ1) is 24.1. The molecule has 0 aliphatic heterocycles. The van der Waals surface area contributed by atoms with Gasteiger partial charge in [-0.05, 0) is 37.0 Å². The van der Waals surface area contributed by atoms with E-state index in [0.717, 1.165) is 34.4 Å². The molecule has 2 aromatic carbocycles. The molecule has 2 aromatic rings. The van der Waals surface area contributed by atoms with E-state index in [1.807, 2.05) is 31.2 Å². The highest BCUT2D eigenvalue weighted by Gasteiger charge is 2.22. The maximum Gasteiger partial charge on any atom is 0.271 e. The average molecular weight is 450 g/mol. The Morgan fingerprint density at radius 2 is 1.94 bits per heavy atom. The van der Waals surface area contributed by atoms with Crippen LogP contribution in [0.25, 0.3) is 0 Å². The van der Waals surface area contributed by atoms with E-state index in [0.29, 0.717) is 26.0 Å². The van der Waals surface area contributed by atoms with Crippen molar-refractivity contribution in [2.24, 2.45) is 0 Å². The van der Waals surface area contributed by atoms with Crippen molar-refractivity contribution in [2.75, 3.05) is 30.3 Å². The van der Waals surface area contributed by atoms with Crippen LogP contribution in [-0.2, 0) is 21.2 Å². The zero-order valence-electron chi connectivity index (χ0n) is 17.6. The fraction of sp³-hybridized carbons (Fsp3) is 0.381. The van der Waals surface area contributed by atoms with Crippen LogP contribution in [0, 0.1) is 10.1 Å². The number of aryl methyl sites for hydroxylation is 1. The molecule has 168 valence electrons. The summed E-state index contributed by atoms with van der Waals surface area (Å²) in [5.41, 5.74) is 0.851. The molecule has 0 aliphatic carbocycles. The molecular weight excluding hydrogens is 422 g/mol. The number of nitro groups is 1. The molecular formula is C21H27N3O6S. The van der Waals surface area contributed by atoms with Crippen molar-refractivity contribution in [2.45, 2.75) is 26.2 Å². The molecule has 0 saturated heterocycles. The molecule has 0 radical (unpaired) electrons. The van der Waals surface area contributed by atoms with Crippen molar-refractivity contribution in [3.63, 3.8) is 0 Å². The fourth-order valence-corrected chi connectivity index (χ4v) is 3.77. The molecule has 0 heterocycles. The number of para-hydroxylation sites is 1. The molecule has 10 heteroatoms. The third kappa shape index (κ3) is 7.56. The quantitative estimate of drug-likeness (QED) is 0.302. The number of carbonyl (C=O) groups is 1. The molecule has 0 aliphatic rings. The molecule has 1 N–H and O–H groups in total. The number of amides is 1. The van der Waals surface area contributed by atoms with Gasteiger partial charge in [0.1, 0.15) is 12.3 Å². The summed E-state index contributed by atoms with van der Waals surface area (Å²) in [6.45, 7) is 2.56. The number of benzene rings is 2. The topological polar surface area (TPSA) is 119 Å². The van der Waals surface area contributed by atoms with E-state index in [1.165, 1.54) is 18.2 Å². The van der Waals surface area contributed by atoms with Crippen LogP contribution in [0.5, 0.6) is 5.75 Å². The molecule has 0 unspecified atom stereocenters. The minimum atomic E-state index is -3.81. The van der Waals surface area contributed by atoms with E-state index >= 15 is 0 Å². The normalized spacial score (nSPS) is 11.0. The van der Waals surface area contributed by atoms with Gasteiger partial charge in [-0.2, -0.15) is 0 Å². The Labute approximate surface area is 182 Å². The van der Waals surface area contributed by atoms with Crippen LogP contribution >= 0.6 is 0 Å². The van der Waals surface area contributed by atoms with Crippen molar-refractivity contribution in [3.8, 4) is 5.75 Å². The summed E-state index contributed by atoms with van der Waals surface area (Å²) < 4.78 is 30.9. The second-order valence-electron chi connectivity index (χ2n) is 6.96. The first-order chi connectivity index (χ1) is 14.7. The molecule has 0 bridgehead atoms. The van der Waals surface area contributed by atoms with E-state index in [1.54, 1.807) is 0 Å². The molecule has 0 fully saturated rings. The van der Waals surface area contributed by atoms with Crippen LogP contribution < -0.4 is 14.4 Å². The third-order valence-corrected chi connectivity index (χ3v) is 5.54. The van der Waals surface area contributed by atoms with Crippen molar-refractivity contribution < 1.29 is 22.9 Å². The minimum absolute atomic E-state index is 0.0638. The second kappa shape index (κ2) is 11.3. The molecule has 0 saturated carbocycles. The summed E-state index contributed by atoms with van der Waals surface area (Å²) in [4.78, 5) is 22.7. The number of hydrogen-bond donors (Lipinski definition) is 1. The highest BCUT2D eigenvalue weighted by molar-refractivity contribution is 7.92. The van der Waals surface area contributed by atoms with Crippen LogP contribution in [0.2, 0.25) is 0 Å². The number of non-ortho nitro benzene ring substituents is 1. The predicted molar refractivity (Wildman–Crippen MR) is 119 cm³/mol. The lowest BCUT2D eigenvalue weighted by Crippen LogP contribution is -2.40. The van der Waals surface area contributed by atoms with Gasteiger partial charge in [0.15, 0.2) is 0 Å². The monoisotopic (exact) mass is 449 g/mol. The molecule has 31 heavy (non-hydrogen) atoms. The van der Waals surface area contributed by atoms with Crippen LogP contribution in [0.15, 0.2) is 48.5 Å². The van der Waals surface area contributed by atoms with Crippen LogP contribution in [-0.4, -0.2) is 45.2 Å². The largest absolute Gasteiger partial charge is 0.493 e. The molecule has 1 amide bonds. The zero-order chi connectivity index (χ0) is 22.9. The maximum absolute atomic E-state index is 12.3. The number of ether oxygens (including phenoxy) is 1.